The van der Waals surface area contributed by atoms with Crippen molar-refractivity contribution in [1.82, 2.24) is 30.3 Å². The highest BCUT2D eigenvalue weighted by Crippen LogP contribution is 2.32. The second kappa shape index (κ2) is 10.7. The van der Waals surface area contributed by atoms with Crippen LogP contribution in [-0.2, 0) is 11.3 Å². The number of rotatable bonds is 11. The molecule has 0 saturated carbocycles. The van der Waals surface area contributed by atoms with Crippen molar-refractivity contribution >= 4 is 16.6 Å². The Kier molecular flexibility index (Phi) is 7.24. The Morgan fingerprint density at radius 3 is 2.65 bits per heavy atom. The monoisotopic (exact) mass is 519 g/mol. The molecule has 2 aromatic heterocycles. The van der Waals surface area contributed by atoms with Gasteiger partial charge in [-0.15, -0.1) is 23.4 Å². The Balaban J connectivity index is 1.01. The zero-order valence-electron chi connectivity index (χ0n) is 19.7. The number of H-pyrrole nitrogens is 1. The van der Waals surface area contributed by atoms with Crippen molar-refractivity contribution in [3.05, 3.63) is 60.6 Å². The van der Waals surface area contributed by atoms with Crippen LogP contribution in [0.1, 0.15) is 18.4 Å². The lowest BCUT2D eigenvalue weighted by Gasteiger charge is -2.41. The van der Waals surface area contributed by atoms with Crippen molar-refractivity contribution < 1.29 is 27.0 Å². The molecular weight excluding hydrogens is 494 g/mol. The molecule has 0 unspecified atom stereocenters. The Morgan fingerprint density at radius 1 is 1.08 bits per heavy atom. The van der Waals surface area contributed by atoms with Crippen LogP contribution in [0.15, 0.2) is 49.2 Å². The van der Waals surface area contributed by atoms with Gasteiger partial charge in [-0.3, -0.25) is 9.67 Å². The van der Waals surface area contributed by atoms with Gasteiger partial charge in [0.1, 0.15) is 12.7 Å². The van der Waals surface area contributed by atoms with Crippen LogP contribution in [0.5, 0.6) is 5.75 Å². The molecule has 0 bridgehead atoms. The third-order valence-corrected chi connectivity index (χ3v) is 6.08. The standard InChI is InChI=1S/C24H25F4N7O2/c25-20-7-16(3-4-23(20)37-24(26,27)28)10-29-5-1-2-6-36-18-12-34(13-18)22-9-17(35-14-31-32-15-35)8-21-19(22)11-30-33-21/h3-4,7-9,11,14-15,18,29H,1-2,5-6,10,12-13H2,(H,30,33). The van der Waals surface area contributed by atoms with Gasteiger partial charge in [0.25, 0.3) is 0 Å². The van der Waals surface area contributed by atoms with E-state index in [1.165, 1.54) is 6.07 Å². The summed E-state index contributed by atoms with van der Waals surface area (Å²) in [4.78, 5) is 2.25. The maximum Gasteiger partial charge on any atom is 0.573 e. The Bertz CT molecular complexity index is 1320. The van der Waals surface area contributed by atoms with Crippen LogP contribution in [0.4, 0.5) is 23.2 Å². The number of aromatic nitrogens is 5. The third-order valence-electron chi connectivity index (χ3n) is 6.08. The number of aromatic amines is 1. The van der Waals surface area contributed by atoms with E-state index in [0.717, 1.165) is 60.3 Å². The van der Waals surface area contributed by atoms with Crippen molar-refractivity contribution in [3.63, 3.8) is 0 Å². The fraction of sp³-hybridized carbons (Fsp3) is 0.375. The predicted molar refractivity (Wildman–Crippen MR) is 127 cm³/mol. The van der Waals surface area contributed by atoms with E-state index < -0.39 is 17.9 Å². The van der Waals surface area contributed by atoms with Crippen molar-refractivity contribution in [2.45, 2.75) is 31.9 Å². The summed E-state index contributed by atoms with van der Waals surface area (Å²) in [6.45, 7) is 3.21. The maximum atomic E-state index is 13.8. The number of halogens is 4. The Morgan fingerprint density at radius 2 is 1.89 bits per heavy atom. The van der Waals surface area contributed by atoms with E-state index in [4.69, 9.17) is 4.74 Å². The number of hydrogen-bond acceptors (Lipinski definition) is 7. The van der Waals surface area contributed by atoms with Crippen LogP contribution in [0, 0.1) is 5.82 Å². The first-order chi connectivity index (χ1) is 17.9. The molecule has 0 amide bonds. The van der Waals surface area contributed by atoms with Crippen LogP contribution in [0.25, 0.3) is 16.6 Å². The molecule has 1 fully saturated rings. The number of nitrogens with one attached hydrogen (secondary N) is 2. The first-order valence-electron chi connectivity index (χ1n) is 11.8. The van der Waals surface area contributed by atoms with E-state index >= 15 is 0 Å². The van der Waals surface area contributed by atoms with Crippen LogP contribution < -0.4 is 15.0 Å². The van der Waals surface area contributed by atoms with Crippen molar-refractivity contribution in [1.29, 1.82) is 0 Å². The average molecular weight is 520 g/mol. The summed E-state index contributed by atoms with van der Waals surface area (Å²) in [5.74, 6) is -1.88. The maximum absolute atomic E-state index is 13.8. The first-order valence-corrected chi connectivity index (χ1v) is 11.8. The van der Waals surface area contributed by atoms with Gasteiger partial charge in [-0.2, -0.15) is 5.10 Å². The second-order valence-corrected chi connectivity index (χ2v) is 8.76. The molecule has 1 aliphatic rings. The second-order valence-electron chi connectivity index (χ2n) is 8.76. The van der Waals surface area contributed by atoms with Gasteiger partial charge < -0.3 is 19.7 Å². The third kappa shape index (κ3) is 6.17. The summed E-state index contributed by atoms with van der Waals surface area (Å²) in [6, 6.07) is 7.52. The minimum absolute atomic E-state index is 0.147. The molecule has 1 saturated heterocycles. The van der Waals surface area contributed by atoms with Gasteiger partial charge in [0.05, 0.1) is 29.2 Å². The molecule has 3 heterocycles. The molecule has 5 rings (SSSR count). The molecule has 2 N–H and O–H groups in total. The van der Waals surface area contributed by atoms with Crippen LogP contribution in [-0.4, -0.2) is 63.7 Å². The number of anilines is 1. The lowest BCUT2D eigenvalue weighted by Crippen LogP contribution is -2.52. The lowest BCUT2D eigenvalue weighted by atomic mass is 10.1. The first kappa shape index (κ1) is 25.0. The molecule has 196 valence electrons. The van der Waals surface area contributed by atoms with E-state index in [-0.39, 0.29) is 6.10 Å². The molecule has 37 heavy (non-hydrogen) atoms. The van der Waals surface area contributed by atoms with Crippen molar-refractivity contribution in [2.75, 3.05) is 31.1 Å². The van der Waals surface area contributed by atoms with Gasteiger partial charge in [-0.25, -0.2) is 4.39 Å². The zero-order chi connectivity index (χ0) is 25.8. The molecule has 13 heteroatoms. The normalized spacial score (nSPS) is 14.3. The highest BCUT2D eigenvalue weighted by Gasteiger charge is 2.32. The summed E-state index contributed by atoms with van der Waals surface area (Å²) < 4.78 is 61.9. The largest absolute Gasteiger partial charge is 0.573 e. The van der Waals surface area contributed by atoms with Gasteiger partial charge in [-0.05, 0) is 49.2 Å². The highest BCUT2D eigenvalue weighted by atomic mass is 19.4. The predicted octanol–water partition coefficient (Wildman–Crippen LogP) is 3.96. The van der Waals surface area contributed by atoms with Crippen LogP contribution >= 0.6 is 0 Å². The van der Waals surface area contributed by atoms with E-state index in [1.807, 2.05) is 16.8 Å². The molecule has 0 radical (unpaired) electrons. The van der Waals surface area contributed by atoms with Gasteiger partial charge in [0.2, 0.25) is 0 Å². The SMILES string of the molecule is Fc1cc(CNCCCCOC2CN(c3cc(-n4cnnc4)cc4[nH]ncc34)C2)ccc1OC(F)(F)F. The molecule has 4 aromatic rings. The number of unbranched alkanes of at least 4 members (excludes halogenated alkanes) is 1. The smallest absolute Gasteiger partial charge is 0.403 e. The zero-order valence-corrected chi connectivity index (χ0v) is 19.7. The molecule has 0 aliphatic carbocycles. The molecule has 0 atom stereocenters. The Hall–Kier alpha value is -3.71. The van der Waals surface area contributed by atoms with Crippen LogP contribution in [0.2, 0.25) is 0 Å². The van der Waals surface area contributed by atoms with Crippen molar-refractivity contribution in [3.8, 4) is 11.4 Å². The summed E-state index contributed by atoms with van der Waals surface area (Å²) >= 11 is 0. The summed E-state index contributed by atoms with van der Waals surface area (Å²) in [5, 5.41) is 19.2. The van der Waals surface area contributed by atoms with E-state index in [9.17, 15) is 17.6 Å². The summed E-state index contributed by atoms with van der Waals surface area (Å²) in [7, 11) is 0. The fourth-order valence-electron chi connectivity index (χ4n) is 4.20. The number of hydrogen-bond donors (Lipinski definition) is 2. The number of alkyl halides is 3. The quantitative estimate of drug-likeness (QED) is 0.229. The highest BCUT2D eigenvalue weighted by molar-refractivity contribution is 5.93. The van der Waals surface area contributed by atoms with Crippen molar-refractivity contribution in [2.24, 2.45) is 0 Å². The van der Waals surface area contributed by atoms with E-state index in [1.54, 1.807) is 12.7 Å². The summed E-state index contributed by atoms with van der Waals surface area (Å²) in [5.41, 5.74) is 3.50. The average Bonchev–Trinajstić information content (AvgIpc) is 3.52. The van der Waals surface area contributed by atoms with Gasteiger partial charge in [0, 0.05) is 31.6 Å². The Labute approximate surface area is 209 Å². The molecular formula is C24H25F4N7O2. The van der Waals surface area contributed by atoms with E-state index in [2.05, 4.69) is 41.4 Å². The topological polar surface area (TPSA) is 93.1 Å². The molecule has 0 spiro atoms. The summed E-state index contributed by atoms with van der Waals surface area (Å²) in [6.07, 6.45) is 2.06. The molecule has 2 aromatic carbocycles. The van der Waals surface area contributed by atoms with Gasteiger partial charge >= 0.3 is 6.36 Å². The lowest BCUT2D eigenvalue weighted by molar-refractivity contribution is -0.275. The molecule has 9 nitrogen and oxygen atoms in total. The molecule has 1 aliphatic heterocycles. The van der Waals surface area contributed by atoms with Crippen LogP contribution in [0.3, 0.4) is 0 Å². The minimum atomic E-state index is -4.92. The fourth-order valence-corrected chi connectivity index (χ4v) is 4.20. The van der Waals surface area contributed by atoms with Gasteiger partial charge in [-0.1, -0.05) is 6.07 Å². The van der Waals surface area contributed by atoms with E-state index in [0.29, 0.717) is 25.3 Å². The van der Waals surface area contributed by atoms with Gasteiger partial charge in [0.15, 0.2) is 11.6 Å². The minimum Gasteiger partial charge on any atom is -0.403 e. The number of ether oxygens (including phenoxy) is 2. The number of benzene rings is 2. The number of nitrogens with zero attached hydrogens (tertiary/aromatic N) is 5. The number of fused-ring (bicyclic) bond motifs is 1.